The van der Waals surface area contributed by atoms with Crippen molar-refractivity contribution >= 4 is 11.6 Å². The Morgan fingerprint density at radius 2 is 1.95 bits per heavy atom. The zero-order valence-corrected chi connectivity index (χ0v) is 12.3. The molecule has 0 spiro atoms. The van der Waals surface area contributed by atoms with Crippen LogP contribution in [0.2, 0.25) is 0 Å². The van der Waals surface area contributed by atoms with Gasteiger partial charge in [0.15, 0.2) is 0 Å². The van der Waals surface area contributed by atoms with Gasteiger partial charge in [-0.3, -0.25) is 4.79 Å². The number of hydrogen-bond acceptors (Lipinski definition) is 2. The average Bonchev–Trinajstić information content (AvgIpc) is 2.49. The molecule has 1 unspecified atom stereocenters. The summed E-state index contributed by atoms with van der Waals surface area (Å²) < 4.78 is 0. The van der Waals surface area contributed by atoms with E-state index in [4.69, 9.17) is 0 Å². The molecule has 0 saturated heterocycles. The van der Waals surface area contributed by atoms with E-state index in [1.165, 1.54) is 5.56 Å². The number of hydrogen-bond donors (Lipinski definition) is 1. The van der Waals surface area contributed by atoms with Crippen LogP contribution in [0.1, 0.15) is 34.8 Å². The summed E-state index contributed by atoms with van der Waals surface area (Å²) in [5, 5.41) is 10.2. The lowest BCUT2D eigenvalue weighted by Crippen LogP contribution is -2.42. The van der Waals surface area contributed by atoms with Gasteiger partial charge in [0.05, 0.1) is 5.56 Å². The third-order valence-electron chi connectivity index (χ3n) is 4.21. The van der Waals surface area contributed by atoms with Crippen molar-refractivity contribution in [3.8, 4) is 5.75 Å². The highest BCUT2D eigenvalue weighted by Gasteiger charge is 2.30. The quantitative estimate of drug-likeness (QED) is 0.866. The van der Waals surface area contributed by atoms with Crippen molar-refractivity contribution in [2.24, 2.45) is 0 Å². The Morgan fingerprint density at radius 1 is 1.19 bits per heavy atom. The Hall–Kier alpha value is -2.29. The van der Waals surface area contributed by atoms with Crippen LogP contribution < -0.4 is 4.90 Å². The zero-order valence-electron chi connectivity index (χ0n) is 12.3. The summed E-state index contributed by atoms with van der Waals surface area (Å²) in [5.74, 6) is -0.0476. The number of benzene rings is 2. The first-order chi connectivity index (χ1) is 10.1. The predicted molar refractivity (Wildman–Crippen MR) is 83.9 cm³/mol. The van der Waals surface area contributed by atoms with Gasteiger partial charge in [0, 0.05) is 11.7 Å². The summed E-state index contributed by atoms with van der Waals surface area (Å²) >= 11 is 0. The third kappa shape index (κ3) is 2.29. The largest absolute Gasteiger partial charge is 0.507 e. The van der Waals surface area contributed by atoms with Gasteiger partial charge in [-0.25, -0.2) is 0 Å². The lowest BCUT2D eigenvalue weighted by atomic mass is 9.95. The minimum absolute atomic E-state index is 0.0813. The van der Waals surface area contributed by atoms with E-state index < -0.39 is 0 Å². The topological polar surface area (TPSA) is 40.5 Å². The Morgan fingerprint density at radius 3 is 2.76 bits per heavy atom. The molecular weight excluding hydrogens is 262 g/mol. The normalized spacial score (nSPS) is 17.4. The average molecular weight is 281 g/mol. The van der Waals surface area contributed by atoms with Gasteiger partial charge in [-0.1, -0.05) is 30.3 Å². The fraction of sp³-hybridized carbons (Fsp3) is 0.278. The van der Waals surface area contributed by atoms with Crippen LogP contribution in [0.4, 0.5) is 5.69 Å². The molecule has 3 heteroatoms. The molecule has 1 atom stereocenters. The van der Waals surface area contributed by atoms with Crippen molar-refractivity contribution in [3.63, 3.8) is 0 Å². The fourth-order valence-corrected chi connectivity index (χ4v) is 2.96. The van der Waals surface area contributed by atoms with Crippen LogP contribution in [0.5, 0.6) is 5.75 Å². The van der Waals surface area contributed by atoms with Gasteiger partial charge in [0.2, 0.25) is 0 Å². The molecule has 1 amide bonds. The maximum absolute atomic E-state index is 12.9. The van der Waals surface area contributed by atoms with Gasteiger partial charge >= 0.3 is 0 Å². The number of rotatable bonds is 1. The maximum Gasteiger partial charge on any atom is 0.262 e. The number of anilines is 1. The minimum atomic E-state index is -0.129. The summed E-state index contributed by atoms with van der Waals surface area (Å²) in [5.41, 5.74) is 3.25. The molecule has 0 aromatic heterocycles. The SMILES string of the molecule is Cc1cccc(C(=O)N2c3ccccc3CCC2C)c1O. The molecule has 2 aromatic carbocycles. The molecule has 3 nitrogen and oxygen atoms in total. The van der Waals surface area contributed by atoms with Gasteiger partial charge in [-0.05, 0) is 49.9 Å². The first-order valence-electron chi connectivity index (χ1n) is 7.29. The van der Waals surface area contributed by atoms with Crippen LogP contribution in [0.3, 0.4) is 0 Å². The highest BCUT2D eigenvalue weighted by atomic mass is 16.3. The van der Waals surface area contributed by atoms with E-state index in [0.717, 1.165) is 24.1 Å². The van der Waals surface area contributed by atoms with E-state index in [9.17, 15) is 9.90 Å². The Kier molecular flexibility index (Phi) is 3.42. The summed E-state index contributed by atoms with van der Waals surface area (Å²) in [6, 6.07) is 13.4. The molecule has 1 aliphatic heterocycles. The first kappa shape index (κ1) is 13.7. The van der Waals surface area contributed by atoms with Crippen molar-refractivity contribution in [2.75, 3.05) is 4.90 Å². The monoisotopic (exact) mass is 281 g/mol. The molecular formula is C18H19NO2. The number of carbonyl (C=O) groups excluding carboxylic acids is 1. The van der Waals surface area contributed by atoms with Gasteiger partial charge in [-0.15, -0.1) is 0 Å². The van der Waals surface area contributed by atoms with E-state index in [0.29, 0.717) is 5.56 Å². The molecule has 0 saturated carbocycles. The molecule has 0 fully saturated rings. The van der Waals surface area contributed by atoms with Gasteiger partial charge in [0.1, 0.15) is 5.75 Å². The second-order valence-corrected chi connectivity index (χ2v) is 5.66. The van der Waals surface area contributed by atoms with Crippen molar-refractivity contribution in [3.05, 3.63) is 59.2 Å². The highest BCUT2D eigenvalue weighted by Crippen LogP contribution is 2.33. The van der Waals surface area contributed by atoms with Crippen LogP contribution in [-0.4, -0.2) is 17.1 Å². The second kappa shape index (κ2) is 5.24. The number of aryl methyl sites for hydroxylation is 2. The Bertz CT molecular complexity index is 693. The summed E-state index contributed by atoms with van der Waals surface area (Å²) in [4.78, 5) is 14.7. The van der Waals surface area contributed by atoms with Crippen LogP contribution in [-0.2, 0) is 6.42 Å². The van der Waals surface area contributed by atoms with Crippen molar-refractivity contribution in [2.45, 2.75) is 32.7 Å². The number of amides is 1. The number of phenols is 1. The molecule has 3 rings (SSSR count). The lowest BCUT2D eigenvalue weighted by Gasteiger charge is -2.35. The molecule has 2 aromatic rings. The lowest BCUT2D eigenvalue weighted by molar-refractivity contribution is 0.0972. The van der Waals surface area contributed by atoms with Crippen LogP contribution in [0.25, 0.3) is 0 Å². The molecule has 1 heterocycles. The molecule has 0 radical (unpaired) electrons. The molecule has 21 heavy (non-hydrogen) atoms. The van der Waals surface area contributed by atoms with E-state index in [2.05, 4.69) is 13.0 Å². The third-order valence-corrected chi connectivity index (χ3v) is 4.21. The van der Waals surface area contributed by atoms with Crippen molar-refractivity contribution in [1.29, 1.82) is 0 Å². The van der Waals surface area contributed by atoms with Crippen molar-refractivity contribution in [1.82, 2.24) is 0 Å². The van der Waals surface area contributed by atoms with Crippen LogP contribution >= 0.6 is 0 Å². The fourth-order valence-electron chi connectivity index (χ4n) is 2.96. The van der Waals surface area contributed by atoms with Gasteiger partial charge < -0.3 is 10.0 Å². The first-order valence-corrected chi connectivity index (χ1v) is 7.29. The van der Waals surface area contributed by atoms with E-state index in [-0.39, 0.29) is 17.7 Å². The van der Waals surface area contributed by atoms with E-state index >= 15 is 0 Å². The molecule has 0 aliphatic carbocycles. The second-order valence-electron chi connectivity index (χ2n) is 5.66. The summed E-state index contributed by atoms with van der Waals surface area (Å²) in [7, 11) is 0. The maximum atomic E-state index is 12.9. The van der Waals surface area contributed by atoms with E-state index in [1.807, 2.05) is 29.2 Å². The van der Waals surface area contributed by atoms with Crippen LogP contribution in [0, 0.1) is 6.92 Å². The van der Waals surface area contributed by atoms with Crippen molar-refractivity contribution < 1.29 is 9.90 Å². The van der Waals surface area contributed by atoms with Gasteiger partial charge in [-0.2, -0.15) is 0 Å². The number of phenolic OH excluding ortho intramolecular Hbond substituents is 1. The smallest absolute Gasteiger partial charge is 0.262 e. The Labute approximate surface area is 124 Å². The van der Waals surface area contributed by atoms with Crippen LogP contribution in [0.15, 0.2) is 42.5 Å². The number of carbonyl (C=O) groups is 1. The summed E-state index contributed by atoms with van der Waals surface area (Å²) in [6.45, 7) is 3.86. The zero-order chi connectivity index (χ0) is 15.0. The minimum Gasteiger partial charge on any atom is -0.507 e. The Balaban J connectivity index is 2.07. The highest BCUT2D eigenvalue weighted by molar-refractivity contribution is 6.09. The number of nitrogens with zero attached hydrogens (tertiary/aromatic N) is 1. The van der Waals surface area contributed by atoms with Gasteiger partial charge in [0.25, 0.3) is 5.91 Å². The predicted octanol–water partition coefficient (Wildman–Crippen LogP) is 3.68. The standard InChI is InChI=1S/C18H19NO2/c1-12-6-5-8-15(17(12)20)18(21)19-13(2)10-11-14-7-3-4-9-16(14)19/h3-9,13,20H,10-11H2,1-2H3. The molecule has 1 N–H and O–H groups in total. The number of aromatic hydroxyl groups is 1. The molecule has 108 valence electrons. The van der Waals surface area contributed by atoms with E-state index in [1.54, 1.807) is 19.1 Å². The molecule has 0 bridgehead atoms. The number of para-hydroxylation sites is 2. The summed E-state index contributed by atoms with van der Waals surface area (Å²) in [6.07, 6.45) is 1.93. The molecule has 1 aliphatic rings. The number of fused-ring (bicyclic) bond motifs is 1.